The van der Waals surface area contributed by atoms with Gasteiger partial charge in [0.15, 0.2) is 0 Å². The Kier molecular flexibility index (Phi) is 5.87. The number of phenolic OH excluding ortho intramolecular Hbond substituents is 1. The Morgan fingerprint density at radius 3 is 2.52 bits per heavy atom. The number of hydrogen-bond acceptors (Lipinski definition) is 4. The van der Waals surface area contributed by atoms with Gasteiger partial charge >= 0.3 is 6.18 Å². The van der Waals surface area contributed by atoms with Crippen LogP contribution in [-0.4, -0.2) is 23.8 Å². The molecule has 0 radical (unpaired) electrons. The summed E-state index contributed by atoms with van der Waals surface area (Å²) in [5, 5.41) is 16.2. The summed E-state index contributed by atoms with van der Waals surface area (Å²) in [5.74, 6) is -1.36. The molecule has 5 nitrogen and oxygen atoms in total. The molecule has 9 heteroatoms. The Labute approximate surface area is 146 Å². The number of hydrazone groups is 1. The van der Waals surface area contributed by atoms with Crippen LogP contribution < -0.4 is 10.7 Å². The van der Waals surface area contributed by atoms with Crippen molar-refractivity contribution in [2.45, 2.75) is 6.18 Å². The van der Waals surface area contributed by atoms with Crippen molar-refractivity contribution in [1.29, 1.82) is 0 Å². The fraction of sp³-hybridized carbons (Fsp3) is 0.125. The van der Waals surface area contributed by atoms with E-state index in [9.17, 15) is 23.1 Å². The third kappa shape index (κ3) is 5.68. The number of rotatable bonds is 5. The van der Waals surface area contributed by atoms with Gasteiger partial charge < -0.3 is 10.4 Å². The number of aromatic hydroxyl groups is 1. The van der Waals surface area contributed by atoms with Crippen LogP contribution in [0.2, 0.25) is 5.02 Å². The van der Waals surface area contributed by atoms with Gasteiger partial charge in [-0.3, -0.25) is 4.79 Å². The Hall–Kier alpha value is -2.74. The Bertz CT molecular complexity index is 777. The molecule has 0 aliphatic rings. The van der Waals surface area contributed by atoms with Crippen molar-refractivity contribution in [3.05, 3.63) is 58.6 Å². The Balaban J connectivity index is 1.90. The molecule has 0 atom stereocenters. The molecule has 0 spiro atoms. The molecular formula is C16H13ClF3N3O2. The maximum absolute atomic E-state index is 12.7. The molecule has 0 saturated heterocycles. The first-order valence-corrected chi connectivity index (χ1v) is 7.35. The van der Waals surface area contributed by atoms with Crippen LogP contribution in [0, 0.1) is 0 Å². The number of anilines is 1. The maximum atomic E-state index is 12.7. The molecule has 0 unspecified atom stereocenters. The third-order valence-electron chi connectivity index (χ3n) is 3.03. The average Bonchev–Trinajstić information content (AvgIpc) is 2.55. The van der Waals surface area contributed by atoms with E-state index >= 15 is 0 Å². The Morgan fingerprint density at radius 2 is 1.88 bits per heavy atom. The standard InChI is InChI=1S/C16H13ClF3N3O2/c17-11-2-4-12(5-3-11)21-9-15(25)23-22-8-10-1-6-14(24)13(7-10)16(18,19)20/h1-8,21,24H,9H2,(H,23,25). The smallest absolute Gasteiger partial charge is 0.419 e. The van der Waals surface area contributed by atoms with E-state index in [1.165, 1.54) is 6.07 Å². The number of alkyl halides is 3. The minimum Gasteiger partial charge on any atom is -0.507 e. The fourth-order valence-corrected chi connectivity index (χ4v) is 1.96. The largest absolute Gasteiger partial charge is 0.507 e. The zero-order valence-corrected chi connectivity index (χ0v) is 13.4. The molecule has 0 saturated carbocycles. The molecule has 3 N–H and O–H groups in total. The SMILES string of the molecule is O=C(CNc1ccc(Cl)cc1)NN=Cc1ccc(O)c(C(F)(F)F)c1. The summed E-state index contributed by atoms with van der Waals surface area (Å²) < 4.78 is 38.0. The average molecular weight is 372 g/mol. The zero-order chi connectivity index (χ0) is 18.4. The van der Waals surface area contributed by atoms with E-state index in [0.717, 1.165) is 18.3 Å². The third-order valence-corrected chi connectivity index (χ3v) is 3.28. The van der Waals surface area contributed by atoms with Crippen LogP contribution in [0.3, 0.4) is 0 Å². The molecule has 1 amide bonds. The van der Waals surface area contributed by atoms with Crippen LogP contribution in [0.4, 0.5) is 18.9 Å². The normalized spacial score (nSPS) is 11.5. The second-order valence-electron chi connectivity index (χ2n) is 4.93. The van der Waals surface area contributed by atoms with E-state index in [4.69, 9.17) is 11.6 Å². The first-order chi connectivity index (χ1) is 11.8. The minimum atomic E-state index is -4.68. The molecule has 0 bridgehead atoms. The van der Waals surface area contributed by atoms with E-state index in [2.05, 4.69) is 15.8 Å². The van der Waals surface area contributed by atoms with Crippen molar-refractivity contribution in [3.8, 4) is 5.75 Å². The number of carbonyl (C=O) groups is 1. The maximum Gasteiger partial charge on any atom is 0.419 e. The van der Waals surface area contributed by atoms with Crippen molar-refractivity contribution >= 4 is 29.4 Å². The summed E-state index contributed by atoms with van der Waals surface area (Å²) in [6, 6.07) is 9.57. The molecule has 0 aromatic heterocycles. The van der Waals surface area contributed by atoms with Crippen LogP contribution in [0.15, 0.2) is 47.6 Å². The summed E-state index contributed by atoms with van der Waals surface area (Å²) in [6.45, 7) is -0.0810. The van der Waals surface area contributed by atoms with Gasteiger partial charge in [0.1, 0.15) is 5.75 Å². The van der Waals surface area contributed by atoms with Crippen molar-refractivity contribution < 1.29 is 23.1 Å². The van der Waals surface area contributed by atoms with Gasteiger partial charge in [0.25, 0.3) is 5.91 Å². The molecule has 0 aliphatic heterocycles. The highest BCUT2D eigenvalue weighted by Crippen LogP contribution is 2.35. The van der Waals surface area contributed by atoms with Crippen molar-refractivity contribution in [3.63, 3.8) is 0 Å². The lowest BCUT2D eigenvalue weighted by Gasteiger charge is -2.09. The minimum absolute atomic E-state index is 0.0797. The molecule has 132 valence electrons. The molecule has 0 aliphatic carbocycles. The quantitative estimate of drug-likeness (QED) is 0.555. The number of amides is 1. The second kappa shape index (κ2) is 7.89. The lowest BCUT2D eigenvalue weighted by atomic mass is 10.1. The van der Waals surface area contributed by atoms with Crippen molar-refractivity contribution in [1.82, 2.24) is 5.43 Å². The highest BCUT2D eigenvalue weighted by Gasteiger charge is 2.33. The van der Waals surface area contributed by atoms with Gasteiger partial charge in [-0.15, -0.1) is 0 Å². The predicted octanol–water partition coefficient (Wildman–Crippen LogP) is 3.63. The number of carbonyl (C=O) groups excluding carboxylic acids is 1. The molecule has 0 heterocycles. The molecular weight excluding hydrogens is 359 g/mol. The van der Waals surface area contributed by atoms with Gasteiger partial charge in [-0.2, -0.15) is 18.3 Å². The van der Waals surface area contributed by atoms with Crippen molar-refractivity contribution in [2.24, 2.45) is 5.10 Å². The lowest BCUT2D eigenvalue weighted by molar-refractivity contribution is -0.138. The van der Waals surface area contributed by atoms with Crippen LogP contribution in [0.5, 0.6) is 5.75 Å². The number of halogens is 4. The van der Waals surface area contributed by atoms with Gasteiger partial charge in [0.05, 0.1) is 18.3 Å². The van der Waals surface area contributed by atoms with Gasteiger partial charge in [0, 0.05) is 10.7 Å². The van der Waals surface area contributed by atoms with Crippen LogP contribution >= 0.6 is 11.6 Å². The second-order valence-corrected chi connectivity index (χ2v) is 5.36. The van der Waals surface area contributed by atoms with E-state index in [1.807, 2.05) is 0 Å². The van der Waals surface area contributed by atoms with E-state index in [-0.39, 0.29) is 12.1 Å². The highest BCUT2D eigenvalue weighted by atomic mass is 35.5. The van der Waals surface area contributed by atoms with Crippen LogP contribution in [-0.2, 0) is 11.0 Å². The van der Waals surface area contributed by atoms with Gasteiger partial charge in [-0.05, 0) is 48.0 Å². The van der Waals surface area contributed by atoms with Gasteiger partial charge in [0.2, 0.25) is 0 Å². The first-order valence-electron chi connectivity index (χ1n) is 6.97. The van der Waals surface area contributed by atoms with E-state index in [0.29, 0.717) is 10.7 Å². The number of hydrogen-bond donors (Lipinski definition) is 3. The predicted molar refractivity (Wildman–Crippen MR) is 88.8 cm³/mol. The summed E-state index contributed by atoms with van der Waals surface area (Å²) >= 11 is 5.74. The molecule has 2 rings (SSSR count). The summed E-state index contributed by atoms with van der Waals surface area (Å²) in [5.41, 5.74) is 1.77. The van der Waals surface area contributed by atoms with Gasteiger partial charge in [-0.25, -0.2) is 5.43 Å². The van der Waals surface area contributed by atoms with Gasteiger partial charge in [-0.1, -0.05) is 11.6 Å². The molecule has 2 aromatic rings. The van der Waals surface area contributed by atoms with Crippen molar-refractivity contribution in [2.75, 3.05) is 11.9 Å². The molecule has 2 aromatic carbocycles. The topological polar surface area (TPSA) is 73.7 Å². The summed E-state index contributed by atoms with van der Waals surface area (Å²) in [7, 11) is 0. The van der Waals surface area contributed by atoms with Crippen LogP contribution in [0.1, 0.15) is 11.1 Å². The van der Waals surface area contributed by atoms with E-state index < -0.39 is 23.4 Å². The zero-order valence-electron chi connectivity index (χ0n) is 12.6. The highest BCUT2D eigenvalue weighted by molar-refractivity contribution is 6.30. The first kappa shape index (κ1) is 18.6. The molecule has 25 heavy (non-hydrogen) atoms. The number of benzene rings is 2. The number of nitrogens with one attached hydrogen (secondary N) is 2. The monoisotopic (exact) mass is 371 g/mol. The van der Waals surface area contributed by atoms with E-state index in [1.54, 1.807) is 24.3 Å². The lowest BCUT2D eigenvalue weighted by Crippen LogP contribution is -2.25. The molecule has 0 fully saturated rings. The summed E-state index contributed by atoms with van der Waals surface area (Å²) in [4.78, 5) is 11.6. The fourth-order valence-electron chi connectivity index (χ4n) is 1.83. The Morgan fingerprint density at radius 1 is 1.20 bits per heavy atom. The summed E-state index contributed by atoms with van der Waals surface area (Å²) in [6.07, 6.45) is -3.63. The van der Waals surface area contributed by atoms with Crippen LogP contribution in [0.25, 0.3) is 0 Å². The number of nitrogens with zero attached hydrogens (tertiary/aromatic N) is 1. The number of phenols is 1.